The summed E-state index contributed by atoms with van der Waals surface area (Å²) in [5, 5.41) is 14.2. The molecule has 1 aliphatic rings. The first-order valence-corrected chi connectivity index (χ1v) is 6.40. The number of nitrogens with one attached hydrogen (secondary N) is 2. The molecule has 0 spiro atoms. The van der Waals surface area contributed by atoms with Crippen molar-refractivity contribution in [1.82, 2.24) is 10.6 Å². The largest absolute Gasteiger partial charge is 0.481 e. The highest BCUT2D eigenvalue weighted by Crippen LogP contribution is 2.33. The van der Waals surface area contributed by atoms with Gasteiger partial charge in [0.1, 0.15) is 0 Å². The Balaban J connectivity index is 2.26. The van der Waals surface area contributed by atoms with Gasteiger partial charge in [-0.05, 0) is 32.6 Å². The Morgan fingerprint density at radius 1 is 1.44 bits per heavy atom. The summed E-state index contributed by atoms with van der Waals surface area (Å²) < 4.78 is 5.28. The fourth-order valence-corrected chi connectivity index (χ4v) is 1.82. The number of carbonyl (C=O) groups excluding carboxylic acids is 1. The molecule has 104 valence electrons. The van der Waals surface area contributed by atoms with Gasteiger partial charge < -0.3 is 20.5 Å². The quantitative estimate of drug-likeness (QED) is 0.605. The predicted octanol–water partition coefficient (Wildman–Crippen LogP) is 0.964. The number of hydrogen-bond donors (Lipinski definition) is 3. The molecule has 2 unspecified atom stereocenters. The van der Waals surface area contributed by atoms with Crippen LogP contribution in [0.2, 0.25) is 0 Å². The van der Waals surface area contributed by atoms with E-state index in [1.807, 2.05) is 13.8 Å². The minimum Gasteiger partial charge on any atom is -0.481 e. The van der Waals surface area contributed by atoms with Gasteiger partial charge in [-0.25, -0.2) is 4.79 Å². The minimum absolute atomic E-state index is 0.0148. The smallest absolute Gasteiger partial charge is 0.315 e. The van der Waals surface area contributed by atoms with Crippen molar-refractivity contribution < 1.29 is 19.4 Å². The van der Waals surface area contributed by atoms with Crippen LogP contribution in [0.25, 0.3) is 0 Å². The van der Waals surface area contributed by atoms with Gasteiger partial charge in [0.05, 0.1) is 12.5 Å². The van der Waals surface area contributed by atoms with Crippen LogP contribution in [0.3, 0.4) is 0 Å². The lowest BCUT2D eigenvalue weighted by atomic mass is 10.1. The molecule has 1 saturated carbocycles. The summed E-state index contributed by atoms with van der Waals surface area (Å²) in [6.07, 6.45) is 1.93. The first-order valence-electron chi connectivity index (χ1n) is 6.40. The lowest BCUT2D eigenvalue weighted by Gasteiger charge is -2.18. The maximum Gasteiger partial charge on any atom is 0.315 e. The van der Waals surface area contributed by atoms with Crippen molar-refractivity contribution >= 4 is 12.0 Å². The summed E-state index contributed by atoms with van der Waals surface area (Å²) in [4.78, 5) is 22.3. The Hall–Kier alpha value is -1.30. The van der Waals surface area contributed by atoms with E-state index in [9.17, 15) is 9.59 Å². The second kappa shape index (κ2) is 7.20. The number of carboxylic acids is 1. The fraction of sp³-hybridized carbons (Fsp3) is 0.833. The summed E-state index contributed by atoms with van der Waals surface area (Å²) in [7, 11) is 0. The van der Waals surface area contributed by atoms with Gasteiger partial charge in [0.25, 0.3) is 0 Å². The number of hydrogen-bond acceptors (Lipinski definition) is 3. The maximum atomic E-state index is 11.6. The Kier molecular flexibility index (Phi) is 5.91. The van der Waals surface area contributed by atoms with Gasteiger partial charge in [-0.15, -0.1) is 0 Å². The monoisotopic (exact) mass is 258 g/mol. The van der Waals surface area contributed by atoms with Crippen LogP contribution in [-0.4, -0.2) is 42.4 Å². The molecule has 1 fully saturated rings. The fourth-order valence-electron chi connectivity index (χ4n) is 1.82. The molecule has 18 heavy (non-hydrogen) atoms. The van der Waals surface area contributed by atoms with Crippen molar-refractivity contribution in [3.63, 3.8) is 0 Å². The van der Waals surface area contributed by atoms with Crippen LogP contribution in [0.15, 0.2) is 0 Å². The van der Waals surface area contributed by atoms with E-state index in [1.54, 1.807) is 0 Å². The first kappa shape index (κ1) is 14.8. The molecule has 2 amide bonds. The van der Waals surface area contributed by atoms with E-state index >= 15 is 0 Å². The van der Waals surface area contributed by atoms with Crippen molar-refractivity contribution in [1.29, 1.82) is 0 Å². The maximum absolute atomic E-state index is 11.6. The molecule has 1 aliphatic carbocycles. The van der Waals surface area contributed by atoms with Crippen LogP contribution in [0.1, 0.15) is 33.1 Å². The number of aliphatic carboxylic acids is 1. The van der Waals surface area contributed by atoms with Crippen molar-refractivity contribution in [3.8, 4) is 0 Å². The predicted molar refractivity (Wildman–Crippen MR) is 66.4 cm³/mol. The Labute approximate surface area is 107 Å². The summed E-state index contributed by atoms with van der Waals surface area (Å²) in [5.41, 5.74) is 0. The first-order chi connectivity index (χ1) is 8.52. The summed E-state index contributed by atoms with van der Waals surface area (Å²) in [6, 6.07) is -0.579. The highest BCUT2D eigenvalue weighted by Gasteiger charge is 2.33. The second-order valence-electron chi connectivity index (χ2n) is 4.66. The van der Waals surface area contributed by atoms with Crippen molar-refractivity contribution in [2.24, 2.45) is 5.92 Å². The van der Waals surface area contributed by atoms with Gasteiger partial charge in [-0.1, -0.05) is 0 Å². The average Bonchev–Trinajstić information content (AvgIpc) is 3.09. The molecule has 6 heteroatoms. The molecule has 3 N–H and O–H groups in total. The van der Waals surface area contributed by atoms with E-state index in [0.717, 1.165) is 12.8 Å². The molecule has 0 aliphatic heterocycles. The molecule has 0 aromatic carbocycles. The van der Waals surface area contributed by atoms with Gasteiger partial charge in [0.2, 0.25) is 0 Å². The van der Waals surface area contributed by atoms with E-state index in [0.29, 0.717) is 19.1 Å². The van der Waals surface area contributed by atoms with E-state index in [-0.39, 0.29) is 24.6 Å². The molecular formula is C12H22N2O4. The Bertz CT molecular complexity index is 292. The molecule has 6 nitrogen and oxygen atoms in total. The number of ether oxygens (including phenoxy) is 1. The van der Waals surface area contributed by atoms with Gasteiger partial charge in [-0.2, -0.15) is 0 Å². The Morgan fingerprint density at radius 3 is 2.61 bits per heavy atom. The molecule has 0 saturated heterocycles. The third kappa shape index (κ3) is 5.86. The average molecular weight is 258 g/mol. The van der Waals surface area contributed by atoms with E-state index in [2.05, 4.69) is 10.6 Å². The summed E-state index contributed by atoms with van der Waals surface area (Å²) >= 11 is 0. The minimum atomic E-state index is -0.880. The zero-order valence-electron chi connectivity index (χ0n) is 10.9. The molecule has 0 heterocycles. The van der Waals surface area contributed by atoms with E-state index < -0.39 is 5.97 Å². The molecular weight excluding hydrogens is 236 g/mol. The van der Waals surface area contributed by atoms with Crippen LogP contribution in [0.4, 0.5) is 4.79 Å². The normalized spacial score (nSPS) is 17.9. The highest BCUT2D eigenvalue weighted by molar-refractivity contribution is 5.75. The third-order valence-corrected chi connectivity index (χ3v) is 2.90. The lowest BCUT2D eigenvalue weighted by molar-refractivity contribution is -0.137. The highest BCUT2D eigenvalue weighted by atomic mass is 16.5. The van der Waals surface area contributed by atoms with Crippen molar-refractivity contribution in [3.05, 3.63) is 0 Å². The van der Waals surface area contributed by atoms with Gasteiger partial charge in [0, 0.05) is 19.2 Å². The van der Waals surface area contributed by atoms with Gasteiger partial charge >= 0.3 is 12.0 Å². The van der Waals surface area contributed by atoms with Crippen LogP contribution in [0, 0.1) is 5.92 Å². The number of carboxylic acid groups (broad SMARTS) is 1. The molecule has 0 bridgehead atoms. The number of urea groups is 1. The number of rotatable bonds is 8. The molecule has 1 rings (SSSR count). The van der Waals surface area contributed by atoms with Gasteiger partial charge in [0.15, 0.2) is 0 Å². The van der Waals surface area contributed by atoms with Crippen LogP contribution in [0.5, 0.6) is 0 Å². The third-order valence-electron chi connectivity index (χ3n) is 2.90. The molecule has 0 aromatic heterocycles. The van der Waals surface area contributed by atoms with Crippen molar-refractivity contribution in [2.75, 3.05) is 13.2 Å². The molecule has 0 radical (unpaired) electrons. The Morgan fingerprint density at radius 2 is 2.11 bits per heavy atom. The zero-order valence-corrected chi connectivity index (χ0v) is 10.9. The summed E-state index contributed by atoms with van der Waals surface area (Å²) in [5.74, 6) is -0.564. The topological polar surface area (TPSA) is 87.7 Å². The lowest BCUT2D eigenvalue weighted by Crippen LogP contribution is -2.46. The summed E-state index contributed by atoms with van der Waals surface area (Å²) in [6.45, 7) is 4.80. The SMILES string of the molecule is CCOC(C)CNC(=O)NC(CC(=O)O)C1CC1. The van der Waals surface area contributed by atoms with E-state index in [1.165, 1.54) is 0 Å². The van der Waals surface area contributed by atoms with E-state index in [4.69, 9.17) is 9.84 Å². The van der Waals surface area contributed by atoms with Gasteiger partial charge in [-0.3, -0.25) is 4.79 Å². The zero-order chi connectivity index (χ0) is 13.5. The van der Waals surface area contributed by atoms with Crippen LogP contribution in [-0.2, 0) is 9.53 Å². The second-order valence-corrected chi connectivity index (χ2v) is 4.66. The number of carbonyl (C=O) groups is 2. The standard InChI is InChI=1S/C12H22N2O4/c1-3-18-8(2)7-13-12(17)14-10(6-11(15)16)9-4-5-9/h8-10H,3-7H2,1-2H3,(H,15,16)(H2,13,14,17). The van der Waals surface area contributed by atoms with Crippen molar-refractivity contribution in [2.45, 2.75) is 45.3 Å². The molecule has 2 atom stereocenters. The molecule has 0 aromatic rings. The number of amides is 2. The van der Waals surface area contributed by atoms with Crippen LogP contribution < -0.4 is 10.6 Å². The van der Waals surface area contributed by atoms with Crippen LogP contribution >= 0.6 is 0 Å².